The number of rotatable bonds is 3. The number of carbonyl (C=O) groups excluding carboxylic acids is 3. The van der Waals surface area contributed by atoms with E-state index in [1.807, 2.05) is 0 Å². The minimum atomic E-state index is -0.407. The first-order chi connectivity index (χ1) is 15.1. The first-order valence-corrected chi connectivity index (χ1v) is 10.8. The van der Waals surface area contributed by atoms with Crippen molar-refractivity contribution in [3.8, 4) is 6.07 Å². The highest BCUT2D eigenvalue weighted by atomic mass is 32.1. The number of hydrogen-bond acceptors (Lipinski definition) is 5. The molecule has 0 bridgehead atoms. The van der Waals surface area contributed by atoms with E-state index in [-0.39, 0.29) is 5.91 Å². The van der Waals surface area contributed by atoms with Gasteiger partial charge in [-0.1, -0.05) is 18.2 Å². The molecule has 0 spiro atoms. The van der Waals surface area contributed by atoms with E-state index in [0.717, 1.165) is 41.0 Å². The fourth-order valence-electron chi connectivity index (χ4n) is 4.16. The average Bonchev–Trinajstić information content (AvgIpc) is 3.28. The molecular formula is C24H17N3O3S. The molecule has 1 aromatic heterocycles. The Morgan fingerprint density at radius 2 is 1.71 bits per heavy atom. The third-order valence-electron chi connectivity index (χ3n) is 5.67. The topological polar surface area (TPSA) is 90.3 Å². The predicted molar refractivity (Wildman–Crippen MR) is 118 cm³/mol. The molecule has 0 radical (unpaired) electrons. The zero-order valence-corrected chi connectivity index (χ0v) is 17.3. The van der Waals surface area contributed by atoms with Crippen LogP contribution in [0.25, 0.3) is 0 Å². The van der Waals surface area contributed by atoms with Gasteiger partial charge in [0.25, 0.3) is 17.7 Å². The number of nitrogens with zero attached hydrogens (tertiary/aromatic N) is 2. The van der Waals surface area contributed by atoms with Gasteiger partial charge in [0.1, 0.15) is 11.1 Å². The summed E-state index contributed by atoms with van der Waals surface area (Å²) in [7, 11) is 0. The second-order valence-corrected chi connectivity index (χ2v) is 8.63. The van der Waals surface area contributed by atoms with Crippen LogP contribution >= 0.6 is 11.3 Å². The molecule has 1 aliphatic heterocycles. The zero-order chi connectivity index (χ0) is 21.5. The molecule has 0 atom stereocenters. The number of hydrogen-bond donors (Lipinski definition) is 1. The van der Waals surface area contributed by atoms with Gasteiger partial charge < -0.3 is 5.32 Å². The highest BCUT2D eigenvalue weighted by Crippen LogP contribution is 2.38. The van der Waals surface area contributed by atoms with Crippen LogP contribution in [0.3, 0.4) is 0 Å². The minimum Gasteiger partial charge on any atom is -0.312 e. The van der Waals surface area contributed by atoms with E-state index in [1.54, 1.807) is 42.5 Å². The smallest absolute Gasteiger partial charge is 0.266 e. The number of carbonyl (C=O) groups is 3. The number of anilines is 2. The lowest BCUT2D eigenvalue weighted by Gasteiger charge is -2.15. The molecular weight excluding hydrogens is 410 g/mol. The summed E-state index contributed by atoms with van der Waals surface area (Å²) in [4.78, 5) is 40.7. The van der Waals surface area contributed by atoms with Crippen LogP contribution in [0.1, 0.15) is 59.9 Å². The molecule has 5 rings (SSSR count). The first-order valence-electron chi connectivity index (χ1n) is 10.0. The highest BCUT2D eigenvalue weighted by Gasteiger charge is 2.36. The van der Waals surface area contributed by atoms with Crippen LogP contribution in [0.4, 0.5) is 10.7 Å². The maximum Gasteiger partial charge on any atom is 0.266 e. The van der Waals surface area contributed by atoms with E-state index in [4.69, 9.17) is 0 Å². The van der Waals surface area contributed by atoms with E-state index in [9.17, 15) is 19.6 Å². The number of amides is 3. The van der Waals surface area contributed by atoms with Gasteiger partial charge in [-0.25, -0.2) is 4.90 Å². The van der Waals surface area contributed by atoms with Crippen molar-refractivity contribution in [3.63, 3.8) is 0 Å². The van der Waals surface area contributed by atoms with Gasteiger partial charge in [0.2, 0.25) is 0 Å². The van der Waals surface area contributed by atoms with Crippen LogP contribution in [0.2, 0.25) is 0 Å². The number of fused-ring (bicyclic) bond motifs is 2. The molecule has 7 heteroatoms. The summed E-state index contributed by atoms with van der Waals surface area (Å²) >= 11 is 1.46. The van der Waals surface area contributed by atoms with Crippen molar-refractivity contribution >= 4 is 39.7 Å². The van der Waals surface area contributed by atoms with Gasteiger partial charge in [-0.3, -0.25) is 14.4 Å². The molecule has 0 fully saturated rings. The van der Waals surface area contributed by atoms with Crippen molar-refractivity contribution in [1.82, 2.24) is 0 Å². The quantitative estimate of drug-likeness (QED) is 0.621. The Morgan fingerprint density at radius 1 is 1.00 bits per heavy atom. The molecule has 152 valence electrons. The van der Waals surface area contributed by atoms with Gasteiger partial charge in [-0.15, -0.1) is 11.3 Å². The Labute approximate surface area is 182 Å². The monoisotopic (exact) mass is 427 g/mol. The first kappa shape index (κ1) is 19.2. The van der Waals surface area contributed by atoms with Crippen molar-refractivity contribution in [1.29, 1.82) is 5.26 Å². The number of nitriles is 1. The normalized spacial score (nSPS) is 14.7. The number of nitrogens with one attached hydrogen (secondary N) is 1. The number of aryl methyl sites for hydroxylation is 1. The maximum atomic E-state index is 12.9. The van der Waals surface area contributed by atoms with Gasteiger partial charge in [-0.05, 0) is 61.6 Å². The minimum absolute atomic E-state index is 0.310. The Kier molecular flexibility index (Phi) is 4.64. The van der Waals surface area contributed by atoms with Crippen molar-refractivity contribution in [3.05, 3.63) is 81.2 Å². The maximum absolute atomic E-state index is 12.9. The number of thiophene rings is 1. The van der Waals surface area contributed by atoms with Crippen molar-refractivity contribution in [2.45, 2.75) is 25.7 Å². The Morgan fingerprint density at radius 3 is 2.42 bits per heavy atom. The highest BCUT2D eigenvalue weighted by molar-refractivity contribution is 7.16. The van der Waals surface area contributed by atoms with E-state index in [0.29, 0.717) is 32.9 Å². The van der Waals surface area contributed by atoms with Crippen LogP contribution in [-0.2, 0) is 12.8 Å². The molecule has 2 aliphatic rings. The molecule has 0 unspecified atom stereocenters. The summed E-state index contributed by atoms with van der Waals surface area (Å²) in [6, 6.07) is 15.3. The fraction of sp³-hybridized carbons (Fsp3) is 0.167. The molecule has 3 amide bonds. The molecule has 3 aromatic rings. The Balaban J connectivity index is 1.44. The van der Waals surface area contributed by atoms with Gasteiger partial charge in [0.15, 0.2) is 0 Å². The molecule has 1 N–H and O–H groups in total. The van der Waals surface area contributed by atoms with Crippen molar-refractivity contribution in [2.75, 3.05) is 10.2 Å². The SMILES string of the molecule is N#Cc1c(NC(=O)c2cccc(N3C(=O)c4ccccc4C3=O)c2)sc2c1CCCC2. The van der Waals surface area contributed by atoms with Crippen LogP contribution in [0.15, 0.2) is 48.5 Å². The van der Waals surface area contributed by atoms with Crippen LogP contribution in [0, 0.1) is 11.3 Å². The van der Waals surface area contributed by atoms with Crippen molar-refractivity contribution < 1.29 is 14.4 Å². The van der Waals surface area contributed by atoms with Crippen LogP contribution in [0.5, 0.6) is 0 Å². The largest absolute Gasteiger partial charge is 0.312 e. The Bertz CT molecular complexity index is 1270. The molecule has 6 nitrogen and oxygen atoms in total. The molecule has 2 aromatic carbocycles. The number of imide groups is 1. The van der Waals surface area contributed by atoms with Crippen LogP contribution < -0.4 is 10.2 Å². The van der Waals surface area contributed by atoms with Gasteiger partial charge in [-0.2, -0.15) is 5.26 Å². The summed E-state index contributed by atoms with van der Waals surface area (Å²) in [6.45, 7) is 0. The van der Waals surface area contributed by atoms with E-state index in [2.05, 4.69) is 11.4 Å². The van der Waals surface area contributed by atoms with Crippen molar-refractivity contribution in [2.24, 2.45) is 0 Å². The molecule has 31 heavy (non-hydrogen) atoms. The Hall–Kier alpha value is -3.76. The third kappa shape index (κ3) is 3.13. The average molecular weight is 427 g/mol. The lowest BCUT2D eigenvalue weighted by Crippen LogP contribution is -2.29. The van der Waals surface area contributed by atoms with E-state index in [1.165, 1.54) is 17.4 Å². The zero-order valence-electron chi connectivity index (χ0n) is 16.5. The van der Waals surface area contributed by atoms with Crippen LogP contribution in [-0.4, -0.2) is 17.7 Å². The van der Waals surface area contributed by atoms with Gasteiger partial charge >= 0.3 is 0 Å². The van der Waals surface area contributed by atoms with Gasteiger partial charge in [0.05, 0.1) is 22.4 Å². The van der Waals surface area contributed by atoms with Gasteiger partial charge in [0, 0.05) is 10.4 Å². The summed E-state index contributed by atoms with van der Waals surface area (Å²) in [5.41, 5.74) is 2.95. The molecule has 1 aliphatic carbocycles. The fourth-order valence-corrected chi connectivity index (χ4v) is 5.39. The number of benzene rings is 2. The standard InChI is InChI=1S/C24H17N3O3S/c25-13-19-16-8-3-4-11-20(16)31-22(19)26-21(28)14-6-5-7-15(12-14)27-23(29)17-9-1-2-10-18(17)24(27)30/h1-2,5-7,9-10,12H,3-4,8,11H2,(H,26,28). The van der Waals surface area contributed by atoms with E-state index >= 15 is 0 Å². The second kappa shape index (κ2) is 7.49. The lowest BCUT2D eigenvalue weighted by atomic mass is 9.96. The summed E-state index contributed by atoms with van der Waals surface area (Å²) < 4.78 is 0. The summed E-state index contributed by atoms with van der Waals surface area (Å²) in [6.07, 6.45) is 3.93. The summed E-state index contributed by atoms with van der Waals surface area (Å²) in [5.74, 6) is -1.19. The third-order valence-corrected chi connectivity index (χ3v) is 6.88. The molecule has 0 saturated heterocycles. The second-order valence-electron chi connectivity index (χ2n) is 7.52. The summed E-state index contributed by atoms with van der Waals surface area (Å²) in [5, 5.41) is 13.0. The predicted octanol–water partition coefficient (Wildman–Crippen LogP) is 4.55. The molecule has 0 saturated carbocycles. The van der Waals surface area contributed by atoms with E-state index < -0.39 is 11.8 Å². The molecule has 2 heterocycles. The lowest BCUT2D eigenvalue weighted by molar-refractivity contribution is 0.0924.